The minimum Gasteiger partial charge on any atom is -0.396 e. The second kappa shape index (κ2) is 6.89. The van der Waals surface area contributed by atoms with E-state index in [0.717, 1.165) is 15.8 Å². The molecule has 0 bridgehead atoms. The van der Waals surface area contributed by atoms with E-state index in [1.807, 2.05) is 24.4 Å². The Hall–Kier alpha value is -1.92. The van der Waals surface area contributed by atoms with Gasteiger partial charge in [-0.2, -0.15) is 5.10 Å². The Labute approximate surface area is 137 Å². The van der Waals surface area contributed by atoms with E-state index in [2.05, 4.69) is 43.5 Å². The highest BCUT2D eigenvalue weighted by Gasteiger charge is 2.13. The Morgan fingerprint density at radius 2 is 2.09 bits per heavy atom. The molecule has 0 aliphatic carbocycles. The minimum absolute atomic E-state index is 0.162. The molecular weight excluding hydrogens is 344 g/mol. The highest BCUT2D eigenvalue weighted by molar-refractivity contribution is 9.10. The highest BCUT2D eigenvalue weighted by Crippen LogP contribution is 2.25. The van der Waals surface area contributed by atoms with Gasteiger partial charge in [0.1, 0.15) is 5.52 Å². The number of aromatic nitrogens is 3. The molecule has 0 fully saturated rings. The smallest absolute Gasteiger partial charge is 0.153 e. The van der Waals surface area contributed by atoms with Crippen LogP contribution in [0.2, 0.25) is 0 Å². The second-order valence-corrected chi connectivity index (χ2v) is 5.92. The van der Waals surface area contributed by atoms with Gasteiger partial charge in [-0.15, -0.1) is 0 Å². The zero-order valence-electron chi connectivity index (χ0n) is 12.0. The van der Waals surface area contributed by atoms with Crippen molar-refractivity contribution in [2.45, 2.75) is 12.3 Å². The van der Waals surface area contributed by atoms with Crippen LogP contribution in [0.1, 0.15) is 17.9 Å². The molecule has 0 spiro atoms. The minimum atomic E-state index is 0.162. The van der Waals surface area contributed by atoms with E-state index < -0.39 is 0 Å². The molecule has 0 saturated carbocycles. The van der Waals surface area contributed by atoms with Gasteiger partial charge in [-0.05, 0) is 27.9 Å². The number of nitrogens with one attached hydrogen (secondary N) is 1. The summed E-state index contributed by atoms with van der Waals surface area (Å²) in [7, 11) is 0. The normalized spacial score (nSPS) is 12.5. The maximum atomic E-state index is 9.31. The van der Waals surface area contributed by atoms with E-state index in [1.54, 1.807) is 16.9 Å². The molecule has 1 aromatic carbocycles. The van der Waals surface area contributed by atoms with Gasteiger partial charge in [-0.25, -0.2) is 9.50 Å². The molecule has 2 N–H and O–H groups in total. The van der Waals surface area contributed by atoms with Gasteiger partial charge >= 0.3 is 0 Å². The molecule has 3 rings (SSSR count). The van der Waals surface area contributed by atoms with Crippen molar-refractivity contribution < 1.29 is 5.11 Å². The first-order valence-corrected chi connectivity index (χ1v) is 7.96. The van der Waals surface area contributed by atoms with E-state index >= 15 is 0 Å². The van der Waals surface area contributed by atoms with Crippen molar-refractivity contribution in [2.24, 2.45) is 0 Å². The molecule has 0 aliphatic heterocycles. The molecule has 2 heterocycles. The Morgan fingerprint density at radius 3 is 2.86 bits per heavy atom. The molecule has 6 heteroatoms. The predicted molar refractivity (Wildman–Crippen MR) is 90.1 cm³/mol. The average molecular weight is 361 g/mol. The van der Waals surface area contributed by atoms with Crippen LogP contribution < -0.4 is 5.32 Å². The van der Waals surface area contributed by atoms with Gasteiger partial charge in [-0.1, -0.05) is 30.3 Å². The Bertz CT molecular complexity index is 744. The Kier molecular flexibility index (Phi) is 4.70. The van der Waals surface area contributed by atoms with E-state index in [1.165, 1.54) is 5.56 Å². The van der Waals surface area contributed by atoms with Gasteiger partial charge in [-0.3, -0.25) is 0 Å². The van der Waals surface area contributed by atoms with Crippen molar-refractivity contribution in [1.82, 2.24) is 14.6 Å². The number of hydrogen-bond acceptors (Lipinski definition) is 4. The van der Waals surface area contributed by atoms with Crippen LogP contribution in [0.3, 0.4) is 0 Å². The number of benzene rings is 1. The zero-order chi connectivity index (χ0) is 15.4. The number of rotatable bonds is 6. The maximum Gasteiger partial charge on any atom is 0.153 e. The number of halogens is 1. The SMILES string of the molecule is OCCC(CNc1nccn2ncc(Br)c12)c1ccccc1. The second-order valence-electron chi connectivity index (χ2n) is 5.06. The van der Waals surface area contributed by atoms with Crippen molar-refractivity contribution in [3.8, 4) is 0 Å². The molecular formula is C16H17BrN4O. The number of aliphatic hydroxyl groups excluding tert-OH is 1. The average Bonchev–Trinajstić information content (AvgIpc) is 2.94. The molecule has 1 unspecified atom stereocenters. The summed E-state index contributed by atoms with van der Waals surface area (Å²) in [6.07, 6.45) is 6.00. The quantitative estimate of drug-likeness (QED) is 0.708. The fourth-order valence-electron chi connectivity index (χ4n) is 2.52. The molecule has 2 aromatic heterocycles. The lowest BCUT2D eigenvalue weighted by Crippen LogP contribution is -2.15. The van der Waals surface area contributed by atoms with Gasteiger partial charge < -0.3 is 10.4 Å². The molecule has 1 atom stereocenters. The summed E-state index contributed by atoms with van der Waals surface area (Å²) in [6, 6.07) is 10.2. The largest absolute Gasteiger partial charge is 0.396 e. The first-order valence-electron chi connectivity index (χ1n) is 7.17. The number of hydrogen-bond donors (Lipinski definition) is 2. The van der Waals surface area contributed by atoms with Crippen molar-refractivity contribution in [3.05, 3.63) is 59.0 Å². The van der Waals surface area contributed by atoms with E-state index in [-0.39, 0.29) is 12.5 Å². The molecule has 0 amide bonds. The van der Waals surface area contributed by atoms with E-state index in [4.69, 9.17) is 0 Å². The van der Waals surface area contributed by atoms with Crippen molar-refractivity contribution in [1.29, 1.82) is 0 Å². The van der Waals surface area contributed by atoms with Gasteiger partial charge in [0.05, 0.1) is 10.7 Å². The fourth-order valence-corrected chi connectivity index (χ4v) is 2.99. The van der Waals surface area contributed by atoms with Crippen LogP contribution in [-0.4, -0.2) is 32.9 Å². The third kappa shape index (κ3) is 3.13. The third-order valence-electron chi connectivity index (χ3n) is 3.65. The molecule has 22 heavy (non-hydrogen) atoms. The van der Waals surface area contributed by atoms with Crippen LogP contribution in [0.5, 0.6) is 0 Å². The summed E-state index contributed by atoms with van der Waals surface area (Å²) in [5.41, 5.74) is 2.13. The molecule has 0 saturated heterocycles. The summed E-state index contributed by atoms with van der Waals surface area (Å²) in [5.74, 6) is 1.01. The van der Waals surface area contributed by atoms with Crippen molar-refractivity contribution in [2.75, 3.05) is 18.5 Å². The molecule has 0 radical (unpaired) electrons. The van der Waals surface area contributed by atoms with Crippen molar-refractivity contribution in [3.63, 3.8) is 0 Å². The van der Waals surface area contributed by atoms with Crippen LogP contribution in [0, 0.1) is 0 Å². The number of fused-ring (bicyclic) bond motifs is 1. The maximum absolute atomic E-state index is 9.31. The first kappa shape index (κ1) is 15.0. The lowest BCUT2D eigenvalue weighted by Gasteiger charge is -2.17. The topological polar surface area (TPSA) is 62.5 Å². The number of aliphatic hydroxyl groups is 1. The predicted octanol–water partition coefficient (Wildman–Crippen LogP) is 3.07. The third-order valence-corrected chi connectivity index (χ3v) is 4.23. The van der Waals surface area contributed by atoms with E-state index in [0.29, 0.717) is 13.0 Å². The fraction of sp³-hybridized carbons (Fsp3) is 0.250. The van der Waals surface area contributed by atoms with Crippen LogP contribution in [-0.2, 0) is 0 Å². The van der Waals surface area contributed by atoms with Crippen LogP contribution in [0.15, 0.2) is 53.4 Å². The van der Waals surface area contributed by atoms with Crippen molar-refractivity contribution >= 4 is 27.3 Å². The first-order chi connectivity index (χ1) is 10.8. The number of nitrogens with zero attached hydrogens (tertiary/aromatic N) is 3. The summed E-state index contributed by atoms with van der Waals surface area (Å²) in [6.45, 7) is 0.865. The zero-order valence-corrected chi connectivity index (χ0v) is 13.6. The summed E-state index contributed by atoms with van der Waals surface area (Å²) < 4.78 is 2.68. The standard InChI is InChI=1S/C16H17BrN4O/c17-14-11-20-21-8-7-18-16(15(14)21)19-10-13(6-9-22)12-4-2-1-3-5-12/h1-5,7-8,11,13,22H,6,9-10H2,(H,18,19). The summed E-state index contributed by atoms with van der Waals surface area (Å²) >= 11 is 3.50. The highest BCUT2D eigenvalue weighted by atomic mass is 79.9. The van der Waals surface area contributed by atoms with E-state index in [9.17, 15) is 5.11 Å². The Morgan fingerprint density at radius 1 is 1.27 bits per heavy atom. The summed E-state index contributed by atoms with van der Waals surface area (Å²) in [4.78, 5) is 4.40. The number of anilines is 1. The monoisotopic (exact) mass is 360 g/mol. The van der Waals surface area contributed by atoms with Gasteiger partial charge in [0.25, 0.3) is 0 Å². The molecule has 5 nitrogen and oxygen atoms in total. The lowest BCUT2D eigenvalue weighted by molar-refractivity contribution is 0.277. The molecule has 114 valence electrons. The van der Waals surface area contributed by atoms with Crippen LogP contribution >= 0.6 is 15.9 Å². The van der Waals surface area contributed by atoms with Crippen LogP contribution in [0.25, 0.3) is 5.52 Å². The molecule has 0 aliphatic rings. The van der Waals surface area contributed by atoms with Gasteiger partial charge in [0.2, 0.25) is 0 Å². The Balaban J connectivity index is 1.81. The van der Waals surface area contributed by atoms with Gasteiger partial charge in [0, 0.05) is 31.5 Å². The molecule has 3 aromatic rings. The van der Waals surface area contributed by atoms with Crippen LogP contribution in [0.4, 0.5) is 5.82 Å². The lowest BCUT2D eigenvalue weighted by atomic mass is 9.96. The van der Waals surface area contributed by atoms with Gasteiger partial charge in [0.15, 0.2) is 5.82 Å². The summed E-state index contributed by atoms with van der Waals surface area (Å²) in [5, 5.41) is 16.9.